The van der Waals surface area contributed by atoms with Gasteiger partial charge in [-0.2, -0.15) is 0 Å². The summed E-state index contributed by atoms with van der Waals surface area (Å²) in [5.74, 6) is 0.256. The molecule has 1 heterocycles. The molecule has 108 valence electrons. The quantitative estimate of drug-likeness (QED) is 0.728. The first-order chi connectivity index (χ1) is 9.22. The molecule has 0 aliphatic rings. The molecule has 1 amide bonds. The number of nitrogens with one attached hydrogen (secondary N) is 1. The van der Waals surface area contributed by atoms with Gasteiger partial charge in [0.15, 0.2) is 0 Å². The fourth-order valence-electron chi connectivity index (χ4n) is 2.04. The van der Waals surface area contributed by atoms with Crippen LogP contribution in [0.15, 0.2) is 0 Å². The van der Waals surface area contributed by atoms with Crippen LogP contribution in [-0.4, -0.2) is 33.8 Å². The van der Waals surface area contributed by atoms with E-state index in [0.29, 0.717) is 17.3 Å². The number of rotatable bonds is 9. The fourth-order valence-corrected chi connectivity index (χ4v) is 2.66. The number of carbonyl (C=O) groups is 1. The summed E-state index contributed by atoms with van der Waals surface area (Å²) in [4.78, 5) is 12.7. The predicted molar refractivity (Wildman–Crippen MR) is 76.3 cm³/mol. The molecule has 0 aliphatic heterocycles. The summed E-state index contributed by atoms with van der Waals surface area (Å²) in [5, 5.41) is 15.9. The van der Waals surface area contributed by atoms with Crippen LogP contribution in [0.4, 0.5) is 0 Å². The SMILES string of the molecule is CCCc1nnsc1C(=O)NCC(CCC)CCO. The minimum absolute atomic E-state index is 0.0857. The van der Waals surface area contributed by atoms with Crippen LogP contribution >= 0.6 is 11.5 Å². The van der Waals surface area contributed by atoms with Crippen LogP contribution in [0.25, 0.3) is 0 Å². The van der Waals surface area contributed by atoms with Gasteiger partial charge in [0.25, 0.3) is 5.91 Å². The molecule has 0 bridgehead atoms. The number of hydrogen-bond donors (Lipinski definition) is 2. The maximum absolute atomic E-state index is 12.1. The van der Waals surface area contributed by atoms with Crippen molar-refractivity contribution in [2.75, 3.05) is 13.2 Å². The minimum atomic E-state index is -0.0857. The largest absolute Gasteiger partial charge is 0.396 e. The van der Waals surface area contributed by atoms with Crippen molar-refractivity contribution >= 4 is 17.4 Å². The summed E-state index contributed by atoms with van der Waals surface area (Å²) in [5.41, 5.74) is 0.791. The Morgan fingerprint density at radius 1 is 1.37 bits per heavy atom. The van der Waals surface area contributed by atoms with E-state index in [1.807, 2.05) is 0 Å². The minimum Gasteiger partial charge on any atom is -0.396 e. The average Bonchev–Trinajstić information content (AvgIpc) is 2.85. The van der Waals surface area contributed by atoms with Gasteiger partial charge in [0.1, 0.15) is 4.88 Å². The molecule has 5 nitrogen and oxygen atoms in total. The summed E-state index contributed by atoms with van der Waals surface area (Å²) < 4.78 is 3.85. The van der Waals surface area contributed by atoms with Gasteiger partial charge in [-0.1, -0.05) is 31.2 Å². The molecule has 6 heteroatoms. The Labute approximate surface area is 118 Å². The van der Waals surface area contributed by atoms with Crippen molar-refractivity contribution < 1.29 is 9.90 Å². The first-order valence-corrected chi connectivity index (χ1v) is 7.70. The van der Waals surface area contributed by atoms with Gasteiger partial charge in [0.05, 0.1) is 5.69 Å². The molecule has 0 aliphatic carbocycles. The van der Waals surface area contributed by atoms with Gasteiger partial charge in [-0.05, 0) is 36.7 Å². The number of aliphatic hydroxyl groups is 1. The van der Waals surface area contributed by atoms with E-state index in [0.717, 1.165) is 49.3 Å². The van der Waals surface area contributed by atoms with Crippen LogP contribution in [-0.2, 0) is 6.42 Å². The zero-order valence-electron chi connectivity index (χ0n) is 11.7. The first kappa shape index (κ1) is 16.0. The number of amides is 1. The topological polar surface area (TPSA) is 75.1 Å². The monoisotopic (exact) mass is 285 g/mol. The van der Waals surface area contributed by atoms with Crippen LogP contribution in [0.1, 0.15) is 54.9 Å². The van der Waals surface area contributed by atoms with Crippen molar-refractivity contribution in [3.8, 4) is 0 Å². The molecule has 0 fully saturated rings. The Morgan fingerprint density at radius 2 is 2.16 bits per heavy atom. The number of aryl methyl sites for hydroxylation is 1. The van der Waals surface area contributed by atoms with Crippen LogP contribution in [0.5, 0.6) is 0 Å². The molecular formula is C13H23N3O2S. The first-order valence-electron chi connectivity index (χ1n) is 6.93. The smallest absolute Gasteiger partial charge is 0.264 e. The molecule has 0 saturated heterocycles. The van der Waals surface area contributed by atoms with Crippen molar-refractivity contribution in [1.29, 1.82) is 0 Å². The Kier molecular flexibility index (Phi) is 7.59. The summed E-state index contributed by atoms with van der Waals surface area (Å²) in [6, 6.07) is 0. The number of aliphatic hydroxyl groups excluding tert-OH is 1. The maximum Gasteiger partial charge on any atom is 0.264 e. The highest BCUT2D eigenvalue weighted by Crippen LogP contribution is 2.14. The summed E-state index contributed by atoms with van der Waals surface area (Å²) in [6.45, 7) is 4.94. The molecule has 1 rings (SSSR count). The highest BCUT2D eigenvalue weighted by Gasteiger charge is 2.16. The Hall–Kier alpha value is -1.01. The number of aromatic nitrogens is 2. The van der Waals surface area contributed by atoms with Crippen LogP contribution in [0, 0.1) is 5.92 Å². The average molecular weight is 285 g/mol. The lowest BCUT2D eigenvalue weighted by atomic mass is 10.0. The van der Waals surface area contributed by atoms with Crippen LogP contribution < -0.4 is 5.32 Å². The van der Waals surface area contributed by atoms with Gasteiger partial charge < -0.3 is 10.4 Å². The predicted octanol–water partition coefficient (Wildman–Crippen LogP) is 2.02. The highest BCUT2D eigenvalue weighted by molar-refractivity contribution is 7.08. The van der Waals surface area contributed by atoms with E-state index in [9.17, 15) is 4.79 Å². The van der Waals surface area contributed by atoms with Crippen molar-refractivity contribution in [2.24, 2.45) is 5.92 Å². The molecule has 0 radical (unpaired) electrons. The third-order valence-corrected chi connectivity index (χ3v) is 3.80. The second-order valence-corrected chi connectivity index (χ2v) is 5.43. The number of hydrogen-bond acceptors (Lipinski definition) is 5. The zero-order chi connectivity index (χ0) is 14.1. The van der Waals surface area contributed by atoms with Crippen LogP contribution in [0.2, 0.25) is 0 Å². The van der Waals surface area contributed by atoms with Gasteiger partial charge in [0, 0.05) is 13.2 Å². The van der Waals surface area contributed by atoms with E-state index < -0.39 is 0 Å². The standard InChI is InChI=1S/C13H23N3O2S/c1-3-5-10(7-8-17)9-14-13(18)12-11(6-4-2)15-16-19-12/h10,17H,3-9H2,1-2H3,(H,14,18). The molecule has 1 aromatic rings. The molecule has 0 aromatic carbocycles. The molecule has 0 saturated carbocycles. The number of nitrogens with zero attached hydrogens (tertiary/aromatic N) is 2. The van der Waals surface area contributed by atoms with Gasteiger partial charge in [-0.3, -0.25) is 4.79 Å². The second kappa shape index (κ2) is 8.98. The lowest BCUT2D eigenvalue weighted by Gasteiger charge is -2.15. The van der Waals surface area contributed by atoms with E-state index in [-0.39, 0.29) is 12.5 Å². The van der Waals surface area contributed by atoms with Crippen molar-refractivity contribution in [3.63, 3.8) is 0 Å². The Balaban J connectivity index is 2.51. The summed E-state index contributed by atoms with van der Waals surface area (Å²) >= 11 is 1.15. The lowest BCUT2D eigenvalue weighted by Crippen LogP contribution is -2.29. The van der Waals surface area contributed by atoms with E-state index in [4.69, 9.17) is 5.11 Å². The van der Waals surface area contributed by atoms with E-state index in [1.54, 1.807) is 0 Å². The normalized spacial score (nSPS) is 12.4. The van der Waals surface area contributed by atoms with Gasteiger partial charge in [-0.15, -0.1) is 5.10 Å². The van der Waals surface area contributed by atoms with E-state index >= 15 is 0 Å². The van der Waals surface area contributed by atoms with Crippen molar-refractivity contribution in [3.05, 3.63) is 10.6 Å². The molecule has 1 aromatic heterocycles. The summed E-state index contributed by atoms with van der Waals surface area (Å²) in [6.07, 6.45) is 4.55. The summed E-state index contributed by atoms with van der Waals surface area (Å²) in [7, 11) is 0. The molecule has 0 spiro atoms. The van der Waals surface area contributed by atoms with E-state index in [2.05, 4.69) is 28.8 Å². The molecular weight excluding hydrogens is 262 g/mol. The fraction of sp³-hybridized carbons (Fsp3) is 0.769. The van der Waals surface area contributed by atoms with E-state index in [1.165, 1.54) is 0 Å². The maximum atomic E-state index is 12.1. The highest BCUT2D eigenvalue weighted by atomic mass is 32.1. The zero-order valence-corrected chi connectivity index (χ0v) is 12.5. The second-order valence-electron chi connectivity index (χ2n) is 4.68. The van der Waals surface area contributed by atoms with Crippen molar-refractivity contribution in [2.45, 2.75) is 46.0 Å². The molecule has 19 heavy (non-hydrogen) atoms. The Bertz CT molecular complexity index is 376. The lowest BCUT2D eigenvalue weighted by molar-refractivity contribution is 0.0946. The van der Waals surface area contributed by atoms with Gasteiger partial charge in [-0.25, -0.2) is 0 Å². The Morgan fingerprint density at radius 3 is 2.79 bits per heavy atom. The molecule has 1 atom stereocenters. The van der Waals surface area contributed by atoms with Crippen molar-refractivity contribution in [1.82, 2.24) is 14.9 Å². The third kappa shape index (κ3) is 5.24. The van der Waals surface area contributed by atoms with Gasteiger partial charge in [0.2, 0.25) is 0 Å². The molecule has 2 N–H and O–H groups in total. The molecule has 1 unspecified atom stereocenters. The number of carbonyl (C=O) groups excluding carboxylic acids is 1. The van der Waals surface area contributed by atoms with Crippen LogP contribution in [0.3, 0.4) is 0 Å². The third-order valence-electron chi connectivity index (χ3n) is 3.03. The van der Waals surface area contributed by atoms with Gasteiger partial charge >= 0.3 is 0 Å².